The SMILES string of the molecule is CC(C)=CCCC(C)CCO.CC(C)CCCC(C)CCO. The van der Waals surface area contributed by atoms with E-state index in [0.29, 0.717) is 25.0 Å². The van der Waals surface area contributed by atoms with Crippen LogP contribution in [0, 0.1) is 17.8 Å². The van der Waals surface area contributed by atoms with Gasteiger partial charge >= 0.3 is 0 Å². The Bertz CT molecular complexity index is 242. The lowest BCUT2D eigenvalue weighted by molar-refractivity contribution is 0.255. The molecule has 2 heteroatoms. The topological polar surface area (TPSA) is 40.5 Å². The molecule has 0 heterocycles. The van der Waals surface area contributed by atoms with Gasteiger partial charge in [-0.05, 0) is 57.3 Å². The van der Waals surface area contributed by atoms with Gasteiger partial charge in [0.2, 0.25) is 0 Å². The number of aliphatic hydroxyl groups excluding tert-OH is 2. The molecule has 0 spiro atoms. The average molecular weight is 315 g/mol. The second-order valence-corrected chi connectivity index (χ2v) is 7.42. The molecule has 0 aliphatic heterocycles. The van der Waals surface area contributed by atoms with Crippen molar-refractivity contribution in [3.8, 4) is 0 Å². The van der Waals surface area contributed by atoms with Crippen LogP contribution in [-0.2, 0) is 0 Å². The summed E-state index contributed by atoms with van der Waals surface area (Å²) < 4.78 is 0. The van der Waals surface area contributed by atoms with Gasteiger partial charge in [-0.1, -0.05) is 58.6 Å². The third-order valence-corrected chi connectivity index (χ3v) is 3.93. The lowest BCUT2D eigenvalue weighted by atomic mass is 9.98. The summed E-state index contributed by atoms with van der Waals surface area (Å²) in [5, 5.41) is 17.3. The van der Waals surface area contributed by atoms with E-state index in [4.69, 9.17) is 10.2 Å². The molecule has 0 aromatic heterocycles. The van der Waals surface area contributed by atoms with Gasteiger partial charge in [0.05, 0.1) is 0 Å². The molecule has 2 nitrogen and oxygen atoms in total. The Kier molecular flexibility index (Phi) is 18.5. The molecule has 0 saturated carbocycles. The molecule has 2 atom stereocenters. The van der Waals surface area contributed by atoms with Crippen LogP contribution >= 0.6 is 0 Å². The maximum absolute atomic E-state index is 8.65. The van der Waals surface area contributed by atoms with E-state index in [2.05, 4.69) is 47.6 Å². The van der Waals surface area contributed by atoms with E-state index in [1.165, 1.54) is 31.3 Å². The molecule has 0 saturated heterocycles. The van der Waals surface area contributed by atoms with Crippen molar-refractivity contribution in [3.05, 3.63) is 11.6 Å². The Balaban J connectivity index is 0. The Labute approximate surface area is 140 Å². The molecule has 0 amide bonds. The molecule has 0 aromatic rings. The molecule has 0 aliphatic rings. The number of allylic oxidation sites excluding steroid dienone is 2. The number of rotatable bonds is 11. The Hall–Kier alpha value is -0.340. The highest BCUT2D eigenvalue weighted by atomic mass is 16.3. The molecule has 22 heavy (non-hydrogen) atoms. The average Bonchev–Trinajstić information content (AvgIpc) is 2.39. The first-order chi connectivity index (χ1) is 10.3. The molecule has 0 bridgehead atoms. The number of hydrogen-bond acceptors (Lipinski definition) is 2. The van der Waals surface area contributed by atoms with Crippen molar-refractivity contribution in [1.29, 1.82) is 0 Å². The highest BCUT2D eigenvalue weighted by Gasteiger charge is 2.01. The van der Waals surface area contributed by atoms with Crippen molar-refractivity contribution in [2.24, 2.45) is 17.8 Å². The maximum Gasteiger partial charge on any atom is 0.0433 e. The third-order valence-electron chi connectivity index (χ3n) is 3.93. The van der Waals surface area contributed by atoms with Crippen molar-refractivity contribution in [3.63, 3.8) is 0 Å². The van der Waals surface area contributed by atoms with Gasteiger partial charge in [0.25, 0.3) is 0 Å². The van der Waals surface area contributed by atoms with Crippen LogP contribution in [0.3, 0.4) is 0 Å². The molecule has 0 radical (unpaired) electrons. The summed E-state index contributed by atoms with van der Waals surface area (Å²) in [6.45, 7) is 13.9. The molecule has 134 valence electrons. The fourth-order valence-electron chi connectivity index (χ4n) is 2.26. The van der Waals surface area contributed by atoms with Crippen LogP contribution in [-0.4, -0.2) is 23.4 Å². The van der Waals surface area contributed by atoms with E-state index in [0.717, 1.165) is 25.2 Å². The first kappa shape index (κ1) is 23.9. The summed E-state index contributed by atoms with van der Waals surface area (Å²) in [6, 6.07) is 0. The van der Waals surface area contributed by atoms with E-state index in [9.17, 15) is 0 Å². The van der Waals surface area contributed by atoms with Crippen LogP contribution in [0.2, 0.25) is 0 Å². The first-order valence-electron chi connectivity index (χ1n) is 9.18. The molecule has 0 fully saturated rings. The van der Waals surface area contributed by atoms with Gasteiger partial charge < -0.3 is 10.2 Å². The highest BCUT2D eigenvalue weighted by molar-refractivity contribution is 4.92. The van der Waals surface area contributed by atoms with Gasteiger partial charge in [0.15, 0.2) is 0 Å². The summed E-state index contributed by atoms with van der Waals surface area (Å²) in [4.78, 5) is 0. The normalized spacial score (nSPS) is 13.3. The second kappa shape index (κ2) is 17.0. The predicted molar refractivity (Wildman–Crippen MR) is 99.1 cm³/mol. The second-order valence-electron chi connectivity index (χ2n) is 7.42. The van der Waals surface area contributed by atoms with Gasteiger partial charge in [0.1, 0.15) is 0 Å². The Morgan fingerprint density at radius 1 is 0.773 bits per heavy atom. The fourth-order valence-corrected chi connectivity index (χ4v) is 2.26. The summed E-state index contributed by atoms with van der Waals surface area (Å²) in [6.07, 6.45) is 10.4. The lowest BCUT2D eigenvalue weighted by Crippen LogP contribution is -1.98. The lowest BCUT2D eigenvalue weighted by Gasteiger charge is -2.09. The standard InChI is InChI=1S/C10H22O.C10H20O/c2*1-9(2)5-4-6-10(3)7-8-11/h9-11H,4-8H2,1-3H3;5,10-11H,4,6-8H2,1-3H3. The third kappa shape index (κ3) is 21.9. The van der Waals surface area contributed by atoms with Gasteiger partial charge in [0, 0.05) is 13.2 Å². The zero-order chi connectivity index (χ0) is 17.4. The van der Waals surface area contributed by atoms with Crippen LogP contribution in [0.5, 0.6) is 0 Å². The van der Waals surface area contributed by atoms with Crippen molar-refractivity contribution < 1.29 is 10.2 Å². The molecule has 0 aliphatic carbocycles. The predicted octanol–water partition coefficient (Wildman–Crippen LogP) is 5.58. The summed E-state index contributed by atoms with van der Waals surface area (Å²) in [7, 11) is 0. The molecular formula is C20H42O2. The van der Waals surface area contributed by atoms with Crippen molar-refractivity contribution in [1.82, 2.24) is 0 Å². The largest absolute Gasteiger partial charge is 0.396 e. The summed E-state index contributed by atoms with van der Waals surface area (Å²) >= 11 is 0. The van der Waals surface area contributed by atoms with Crippen LogP contribution in [0.1, 0.15) is 86.5 Å². The van der Waals surface area contributed by atoms with E-state index in [-0.39, 0.29) is 0 Å². The minimum absolute atomic E-state index is 0.329. The van der Waals surface area contributed by atoms with Crippen molar-refractivity contribution >= 4 is 0 Å². The van der Waals surface area contributed by atoms with Gasteiger partial charge in [-0.3, -0.25) is 0 Å². The van der Waals surface area contributed by atoms with Crippen LogP contribution in [0.4, 0.5) is 0 Å². The quantitative estimate of drug-likeness (QED) is 0.488. The summed E-state index contributed by atoms with van der Waals surface area (Å²) in [5.74, 6) is 2.20. The number of aliphatic hydroxyl groups is 2. The molecule has 2 N–H and O–H groups in total. The van der Waals surface area contributed by atoms with Crippen LogP contribution < -0.4 is 0 Å². The minimum atomic E-state index is 0.329. The first-order valence-corrected chi connectivity index (χ1v) is 9.18. The summed E-state index contributed by atoms with van der Waals surface area (Å²) in [5.41, 5.74) is 1.39. The molecule has 0 aromatic carbocycles. The minimum Gasteiger partial charge on any atom is -0.396 e. The molecule has 0 rings (SSSR count). The maximum atomic E-state index is 8.65. The zero-order valence-corrected chi connectivity index (χ0v) is 16.1. The molecule has 2 unspecified atom stereocenters. The smallest absolute Gasteiger partial charge is 0.0433 e. The Morgan fingerprint density at radius 3 is 1.68 bits per heavy atom. The van der Waals surface area contributed by atoms with E-state index >= 15 is 0 Å². The fraction of sp³-hybridized carbons (Fsp3) is 0.900. The Morgan fingerprint density at radius 2 is 1.27 bits per heavy atom. The number of hydrogen-bond donors (Lipinski definition) is 2. The van der Waals surface area contributed by atoms with Gasteiger partial charge in [-0.25, -0.2) is 0 Å². The van der Waals surface area contributed by atoms with Crippen molar-refractivity contribution in [2.45, 2.75) is 86.5 Å². The van der Waals surface area contributed by atoms with Gasteiger partial charge in [-0.15, -0.1) is 0 Å². The van der Waals surface area contributed by atoms with Crippen molar-refractivity contribution in [2.75, 3.05) is 13.2 Å². The van der Waals surface area contributed by atoms with Gasteiger partial charge in [-0.2, -0.15) is 0 Å². The van der Waals surface area contributed by atoms with E-state index in [1.807, 2.05) is 0 Å². The van der Waals surface area contributed by atoms with Crippen LogP contribution in [0.15, 0.2) is 11.6 Å². The van der Waals surface area contributed by atoms with E-state index in [1.54, 1.807) is 0 Å². The monoisotopic (exact) mass is 314 g/mol. The zero-order valence-electron chi connectivity index (χ0n) is 16.1. The highest BCUT2D eigenvalue weighted by Crippen LogP contribution is 2.14. The molecular weight excluding hydrogens is 272 g/mol. The van der Waals surface area contributed by atoms with Crippen LogP contribution in [0.25, 0.3) is 0 Å². The van der Waals surface area contributed by atoms with E-state index < -0.39 is 0 Å².